The molecule has 0 saturated carbocycles. The Balaban J connectivity index is 1.93. The maximum absolute atomic E-state index is 13.1. The van der Waals surface area contributed by atoms with Gasteiger partial charge in [0.05, 0.1) is 16.7 Å². The number of rotatable bonds is 5. The minimum absolute atomic E-state index is 0.0877. The molecular weight excluding hydrogens is 374 g/mol. The topological polar surface area (TPSA) is 29.5 Å². The third-order valence-corrected chi connectivity index (χ3v) is 5.80. The van der Waals surface area contributed by atoms with Crippen LogP contribution in [0.5, 0.6) is 5.75 Å². The van der Waals surface area contributed by atoms with E-state index in [2.05, 4.69) is 13.0 Å². The van der Waals surface area contributed by atoms with Crippen molar-refractivity contribution in [3.05, 3.63) is 64.1 Å². The van der Waals surface area contributed by atoms with Crippen LogP contribution in [0.15, 0.2) is 47.4 Å². The summed E-state index contributed by atoms with van der Waals surface area (Å²) in [5.74, 6) is 0.693. The maximum atomic E-state index is 13.1. The first kappa shape index (κ1) is 19.6. The fourth-order valence-corrected chi connectivity index (χ4v) is 4.16. The molecule has 1 aliphatic rings. The second kappa shape index (κ2) is 8.28. The first-order chi connectivity index (χ1) is 12.9. The largest absolute Gasteiger partial charge is 0.490 e. The molecule has 27 heavy (non-hydrogen) atoms. The van der Waals surface area contributed by atoms with Gasteiger partial charge in [-0.05, 0) is 51.0 Å². The average molecular weight is 398 g/mol. The van der Waals surface area contributed by atoms with E-state index >= 15 is 0 Å². The number of para-hydroxylation sites is 1. The normalized spacial score (nSPS) is 16.9. The summed E-state index contributed by atoms with van der Waals surface area (Å²) in [6, 6.07) is 13.8. The zero-order valence-corrected chi connectivity index (χ0v) is 17.6. The van der Waals surface area contributed by atoms with Crippen LogP contribution in [-0.4, -0.2) is 16.3 Å². The quantitative estimate of drug-likeness (QED) is 0.465. The fourth-order valence-electron chi connectivity index (χ4n) is 2.88. The summed E-state index contributed by atoms with van der Waals surface area (Å²) in [6.45, 7) is 8.16. The van der Waals surface area contributed by atoms with Crippen LogP contribution >= 0.6 is 24.0 Å². The van der Waals surface area contributed by atoms with E-state index in [4.69, 9.17) is 17.0 Å². The molecule has 0 radical (unpaired) electrons. The lowest BCUT2D eigenvalue weighted by molar-refractivity contribution is -0.113. The summed E-state index contributed by atoms with van der Waals surface area (Å²) in [4.78, 5) is 15.3. The highest BCUT2D eigenvalue weighted by atomic mass is 32.2. The highest BCUT2D eigenvalue weighted by Crippen LogP contribution is 2.38. The number of nitrogens with zero attached hydrogens (tertiary/aromatic N) is 1. The van der Waals surface area contributed by atoms with Crippen LogP contribution in [0.4, 0.5) is 5.69 Å². The summed E-state index contributed by atoms with van der Waals surface area (Å²) in [5.41, 5.74) is 3.93. The number of benzene rings is 2. The Labute approximate surface area is 170 Å². The van der Waals surface area contributed by atoms with Crippen molar-refractivity contribution in [2.24, 2.45) is 0 Å². The molecule has 1 heterocycles. The van der Waals surface area contributed by atoms with Gasteiger partial charge in [0.1, 0.15) is 5.75 Å². The highest BCUT2D eigenvalue weighted by Gasteiger charge is 2.34. The van der Waals surface area contributed by atoms with Crippen LogP contribution in [0, 0.1) is 13.8 Å². The van der Waals surface area contributed by atoms with Gasteiger partial charge in [-0.1, -0.05) is 66.8 Å². The maximum Gasteiger partial charge on any atom is 0.270 e. The van der Waals surface area contributed by atoms with E-state index in [9.17, 15) is 4.79 Å². The van der Waals surface area contributed by atoms with Gasteiger partial charge in [-0.15, -0.1) is 0 Å². The summed E-state index contributed by atoms with van der Waals surface area (Å²) >= 11 is 6.83. The van der Waals surface area contributed by atoms with Crippen molar-refractivity contribution < 1.29 is 9.53 Å². The number of hydrogen-bond donors (Lipinski definition) is 0. The number of thioether (sulfide) groups is 1. The average Bonchev–Trinajstić information content (AvgIpc) is 2.90. The number of ether oxygens (including phenoxy) is 1. The summed E-state index contributed by atoms with van der Waals surface area (Å²) in [5, 5.41) is 0. The van der Waals surface area contributed by atoms with Crippen LogP contribution in [0.25, 0.3) is 6.08 Å². The van der Waals surface area contributed by atoms with E-state index in [1.165, 1.54) is 11.8 Å². The predicted molar refractivity (Wildman–Crippen MR) is 118 cm³/mol. The van der Waals surface area contributed by atoms with Crippen molar-refractivity contribution in [2.45, 2.75) is 40.2 Å². The number of aryl methyl sites for hydroxylation is 2. The Morgan fingerprint density at radius 1 is 1.22 bits per heavy atom. The number of amides is 1. The van der Waals surface area contributed by atoms with E-state index < -0.39 is 0 Å². The lowest BCUT2D eigenvalue weighted by Crippen LogP contribution is -2.28. The molecule has 0 bridgehead atoms. The monoisotopic (exact) mass is 397 g/mol. The van der Waals surface area contributed by atoms with Crippen LogP contribution in [0.2, 0.25) is 0 Å². The van der Waals surface area contributed by atoms with Gasteiger partial charge < -0.3 is 4.74 Å². The van der Waals surface area contributed by atoms with Gasteiger partial charge in [0.25, 0.3) is 5.91 Å². The SMILES string of the molecule is CC[C@@H](C)Oc1ccccc1/C=C1\SC(=S)N(c2ccc(C)cc2C)C1=O. The summed E-state index contributed by atoms with van der Waals surface area (Å²) in [6.07, 6.45) is 2.91. The van der Waals surface area contributed by atoms with Gasteiger partial charge in [0.15, 0.2) is 4.32 Å². The van der Waals surface area contributed by atoms with Crippen molar-refractivity contribution >= 4 is 46.0 Å². The third kappa shape index (κ3) is 4.25. The molecule has 140 valence electrons. The molecule has 1 atom stereocenters. The van der Waals surface area contributed by atoms with Crippen molar-refractivity contribution in [1.82, 2.24) is 0 Å². The zero-order valence-electron chi connectivity index (χ0n) is 16.0. The molecule has 3 nitrogen and oxygen atoms in total. The molecular formula is C22H23NO2S2. The lowest BCUT2D eigenvalue weighted by Gasteiger charge is -2.17. The first-order valence-electron chi connectivity index (χ1n) is 9.01. The minimum atomic E-state index is -0.0877. The Kier molecular flexibility index (Phi) is 6.02. The lowest BCUT2D eigenvalue weighted by atomic mass is 10.1. The molecule has 2 aromatic rings. The molecule has 0 aliphatic carbocycles. The Morgan fingerprint density at radius 3 is 2.67 bits per heavy atom. The number of thiocarbonyl (C=S) groups is 1. The van der Waals surface area contributed by atoms with Gasteiger partial charge in [-0.25, -0.2) is 0 Å². The first-order valence-corrected chi connectivity index (χ1v) is 10.2. The summed E-state index contributed by atoms with van der Waals surface area (Å²) < 4.78 is 6.55. The molecule has 5 heteroatoms. The smallest absolute Gasteiger partial charge is 0.270 e. The van der Waals surface area contributed by atoms with Crippen molar-refractivity contribution in [2.75, 3.05) is 4.90 Å². The van der Waals surface area contributed by atoms with Crippen molar-refractivity contribution in [3.63, 3.8) is 0 Å². The Hall–Kier alpha value is -2.11. The molecule has 0 unspecified atom stereocenters. The third-order valence-electron chi connectivity index (χ3n) is 4.50. The van der Waals surface area contributed by atoms with E-state index in [1.807, 2.05) is 63.2 Å². The molecule has 0 aromatic heterocycles. The predicted octanol–water partition coefficient (Wildman–Crippen LogP) is 5.89. The molecule has 2 aromatic carbocycles. The van der Waals surface area contributed by atoms with E-state index in [0.29, 0.717) is 9.23 Å². The minimum Gasteiger partial charge on any atom is -0.490 e. The number of carbonyl (C=O) groups is 1. The molecule has 1 aliphatic heterocycles. The Morgan fingerprint density at radius 2 is 1.96 bits per heavy atom. The second-order valence-electron chi connectivity index (χ2n) is 6.68. The standard InChI is InChI=1S/C22H23NO2S2/c1-5-16(4)25-19-9-7-6-8-17(19)13-20-21(24)23(22(26)27-20)18-11-10-14(2)12-15(18)3/h6-13,16H,5H2,1-4H3/b20-13-/t16-/m1/s1. The van der Waals surface area contributed by atoms with Gasteiger partial charge in [0, 0.05) is 5.56 Å². The Bertz CT molecular complexity index is 920. The molecule has 1 amide bonds. The highest BCUT2D eigenvalue weighted by molar-refractivity contribution is 8.27. The zero-order chi connectivity index (χ0) is 19.6. The van der Waals surface area contributed by atoms with Crippen LogP contribution in [-0.2, 0) is 4.79 Å². The summed E-state index contributed by atoms with van der Waals surface area (Å²) in [7, 11) is 0. The van der Waals surface area contributed by atoms with Gasteiger partial charge >= 0.3 is 0 Å². The second-order valence-corrected chi connectivity index (χ2v) is 8.36. The van der Waals surface area contributed by atoms with Gasteiger partial charge in [-0.3, -0.25) is 9.69 Å². The molecule has 0 N–H and O–H groups in total. The van der Waals surface area contributed by atoms with E-state index in [0.717, 1.165) is 34.5 Å². The fraction of sp³-hybridized carbons (Fsp3) is 0.273. The molecule has 3 rings (SSSR count). The van der Waals surface area contributed by atoms with E-state index in [1.54, 1.807) is 4.90 Å². The van der Waals surface area contributed by atoms with E-state index in [-0.39, 0.29) is 12.0 Å². The van der Waals surface area contributed by atoms with Crippen LogP contribution in [0.3, 0.4) is 0 Å². The number of carbonyl (C=O) groups excluding carboxylic acids is 1. The molecule has 0 spiro atoms. The number of anilines is 1. The van der Waals surface area contributed by atoms with Crippen molar-refractivity contribution in [1.29, 1.82) is 0 Å². The molecule has 1 saturated heterocycles. The van der Waals surface area contributed by atoms with Crippen LogP contribution in [0.1, 0.15) is 37.0 Å². The van der Waals surface area contributed by atoms with Gasteiger partial charge in [-0.2, -0.15) is 0 Å². The van der Waals surface area contributed by atoms with Crippen LogP contribution < -0.4 is 9.64 Å². The molecule has 1 fully saturated rings. The van der Waals surface area contributed by atoms with Crippen molar-refractivity contribution in [3.8, 4) is 5.75 Å². The van der Waals surface area contributed by atoms with Gasteiger partial charge in [0.2, 0.25) is 0 Å². The number of hydrogen-bond acceptors (Lipinski definition) is 4.